The summed E-state index contributed by atoms with van der Waals surface area (Å²) in [5.41, 5.74) is 3.54. The molecular formula is C32H45N3O3. The minimum Gasteiger partial charge on any atom is -0.383 e. The SMILES string of the molecule is Cc1ccc(NC[C@H](CCc2ccccc2)NC(=O)[C@H](CCC2CCCC2)CC(=O)N2CCOCC2)cc1. The van der Waals surface area contributed by atoms with Gasteiger partial charge in [-0.05, 0) is 56.2 Å². The number of carbonyl (C=O) groups is 2. The van der Waals surface area contributed by atoms with E-state index in [0.29, 0.717) is 38.8 Å². The quantitative estimate of drug-likeness (QED) is 0.374. The maximum absolute atomic E-state index is 13.7. The second-order valence-electron chi connectivity index (χ2n) is 11.1. The van der Waals surface area contributed by atoms with Gasteiger partial charge in [0.25, 0.3) is 0 Å². The highest BCUT2D eigenvalue weighted by molar-refractivity contribution is 5.86. The van der Waals surface area contributed by atoms with Gasteiger partial charge in [0.05, 0.1) is 13.2 Å². The zero-order valence-electron chi connectivity index (χ0n) is 23.0. The van der Waals surface area contributed by atoms with Crippen molar-refractivity contribution >= 4 is 17.5 Å². The Labute approximate surface area is 228 Å². The van der Waals surface area contributed by atoms with Crippen molar-refractivity contribution in [3.63, 3.8) is 0 Å². The molecule has 38 heavy (non-hydrogen) atoms. The van der Waals surface area contributed by atoms with E-state index < -0.39 is 0 Å². The number of amides is 2. The van der Waals surface area contributed by atoms with Crippen molar-refractivity contribution in [2.75, 3.05) is 38.2 Å². The molecule has 1 heterocycles. The first-order valence-corrected chi connectivity index (χ1v) is 14.6. The number of hydrogen-bond donors (Lipinski definition) is 2. The summed E-state index contributed by atoms with van der Waals surface area (Å²) in [5.74, 6) is 0.511. The predicted molar refractivity (Wildman–Crippen MR) is 153 cm³/mol. The van der Waals surface area contributed by atoms with E-state index in [-0.39, 0.29) is 30.2 Å². The van der Waals surface area contributed by atoms with E-state index in [1.54, 1.807) is 0 Å². The van der Waals surface area contributed by atoms with Crippen LogP contribution in [0.25, 0.3) is 0 Å². The van der Waals surface area contributed by atoms with Crippen LogP contribution in [0.15, 0.2) is 54.6 Å². The van der Waals surface area contributed by atoms with Gasteiger partial charge in [0.2, 0.25) is 11.8 Å². The lowest BCUT2D eigenvalue weighted by molar-refractivity contribution is -0.139. The van der Waals surface area contributed by atoms with Gasteiger partial charge in [-0.1, -0.05) is 73.7 Å². The highest BCUT2D eigenvalue weighted by Gasteiger charge is 2.28. The molecule has 2 N–H and O–H groups in total. The van der Waals surface area contributed by atoms with Gasteiger partial charge in [-0.25, -0.2) is 0 Å². The van der Waals surface area contributed by atoms with Gasteiger partial charge in [0.1, 0.15) is 0 Å². The van der Waals surface area contributed by atoms with Crippen LogP contribution in [0.2, 0.25) is 0 Å². The molecule has 4 rings (SSSR count). The van der Waals surface area contributed by atoms with Gasteiger partial charge in [-0.3, -0.25) is 9.59 Å². The molecule has 0 unspecified atom stereocenters. The van der Waals surface area contributed by atoms with Crippen LogP contribution < -0.4 is 10.6 Å². The Hall–Kier alpha value is -2.86. The van der Waals surface area contributed by atoms with Crippen molar-refractivity contribution in [2.45, 2.75) is 70.8 Å². The summed E-state index contributed by atoms with van der Waals surface area (Å²) in [6.45, 7) is 5.13. The van der Waals surface area contributed by atoms with Crippen LogP contribution in [0.3, 0.4) is 0 Å². The maximum Gasteiger partial charge on any atom is 0.223 e. The van der Waals surface area contributed by atoms with Gasteiger partial charge in [0.15, 0.2) is 0 Å². The lowest BCUT2D eigenvalue weighted by atomic mass is 9.91. The molecule has 1 aliphatic carbocycles. The molecule has 0 radical (unpaired) electrons. The molecule has 0 aromatic heterocycles. The van der Waals surface area contributed by atoms with Crippen molar-refractivity contribution < 1.29 is 14.3 Å². The van der Waals surface area contributed by atoms with Crippen LogP contribution in [-0.2, 0) is 20.7 Å². The fourth-order valence-corrected chi connectivity index (χ4v) is 5.66. The Kier molecular flexibility index (Phi) is 11.1. The minimum absolute atomic E-state index is 0.0216. The molecule has 2 atom stereocenters. The molecule has 0 bridgehead atoms. The molecule has 2 aliphatic rings. The van der Waals surface area contributed by atoms with Crippen LogP contribution in [0.1, 0.15) is 62.5 Å². The van der Waals surface area contributed by atoms with Gasteiger partial charge in [-0.15, -0.1) is 0 Å². The number of benzene rings is 2. The minimum atomic E-state index is -0.287. The third kappa shape index (κ3) is 9.16. The average molecular weight is 520 g/mol. The average Bonchev–Trinajstić information content (AvgIpc) is 3.48. The smallest absolute Gasteiger partial charge is 0.223 e. The lowest BCUT2D eigenvalue weighted by Gasteiger charge is -2.29. The highest BCUT2D eigenvalue weighted by Crippen LogP contribution is 2.30. The first kappa shape index (κ1) is 28.2. The second kappa shape index (κ2) is 14.9. The van der Waals surface area contributed by atoms with Gasteiger partial charge < -0.3 is 20.3 Å². The summed E-state index contributed by atoms with van der Waals surface area (Å²) >= 11 is 0. The molecule has 1 aliphatic heterocycles. The van der Waals surface area contributed by atoms with E-state index in [9.17, 15) is 9.59 Å². The molecule has 2 fully saturated rings. The van der Waals surface area contributed by atoms with E-state index >= 15 is 0 Å². The third-order valence-electron chi connectivity index (χ3n) is 8.13. The van der Waals surface area contributed by atoms with Crippen LogP contribution in [-0.4, -0.2) is 55.6 Å². The summed E-state index contributed by atoms with van der Waals surface area (Å²) in [6.07, 6.45) is 8.92. The monoisotopic (exact) mass is 519 g/mol. The van der Waals surface area contributed by atoms with Crippen molar-refractivity contribution in [1.82, 2.24) is 10.2 Å². The first-order chi connectivity index (χ1) is 18.6. The first-order valence-electron chi connectivity index (χ1n) is 14.6. The molecule has 6 heteroatoms. The maximum atomic E-state index is 13.7. The number of rotatable bonds is 13. The Morgan fingerprint density at radius 2 is 1.68 bits per heavy atom. The standard InChI is InChI=1S/C32H45N3O3/c1-25-11-16-29(17-12-25)33-24-30(18-14-27-7-3-2-4-8-27)34-32(37)28(15-13-26-9-5-6-10-26)23-31(36)35-19-21-38-22-20-35/h2-4,7-8,11-12,16-17,26,28,30,33H,5-6,9-10,13-15,18-24H2,1H3,(H,34,37)/t28-,30+/m1/s1. The summed E-state index contributed by atoms with van der Waals surface area (Å²) in [6, 6.07) is 18.7. The molecule has 1 saturated carbocycles. The van der Waals surface area contributed by atoms with E-state index in [2.05, 4.69) is 66.1 Å². The Morgan fingerprint density at radius 1 is 0.974 bits per heavy atom. The molecule has 1 saturated heterocycles. The molecule has 0 spiro atoms. The molecule has 6 nitrogen and oxygen atoms in total. The van der Waals surface area contributed by atoms with E-state index in [4.69, 9.17) is 4.74 Å². The Bertz CT molecular complexity index is 983. The van der Waals surface area contributed by atoms with Gasteiger partial charge in [-0.2, -0.15) is 0 Å². The number of anilines is 1. The Balaban J connectivity index is 1.40. The molecular weight excluding hydrogens is 474 g/mol. The van der Waals surface area contributed by atoms with Crippen LogP contribution in [0.5, 0.6) is 0 Å². The van der Waals surface area contributed by atoms with Gasteiger partial charge in [0, 0.05) is 43.7 Å². The number of nitrogens with zero attached hydrogens (tertiary/aromatic N) is 1. The Morgan fingerprint density at radius 3 is 2.39 bits per heavy atom. The van der Waals surface area contributed by atoms with E-state index in [0.717, 1.165) is 31.4 Å². The summed E-state index contributed by atoms with van der Waals surface area (Å²) < 4.78 is 5.42. The van der Waals surface area contributed by atoms with Crippen molar-refractivity contribution in [3.05, 3.63) is 65.7 Å². The largest absolute Gasteiger partial charge is 0.383 e. The zero-order chi connectivity index (χ0) is 26.6. The number of nitrogens with one attached hydrogen (secondary N) is 2. The number of hydrogen-bond acceptors (Lipinski definition) is 4. The molecule has 2 aromatic rings. The normalized spacial score (nSPS) is 17.7. The zero-order valence-corrected chi connectivity index (χ0v) is 23.0. The number of aryl methyl sites for hydroxylation is 2. The van der Waals surface area contributed by atoms with Crippen molar-refractivity contribution in [3.8, 4) is 0 Å². The van der Waals surface area contributed by atoms with Crippen LogP contribution >= 0.6 is 0 Å². The van der Waals surface area contributed by atoms with E-state index in [1.807, 2.05) is 11.0 Å². The molecule has 2 amide bonds. The highest BCUT2D eigenvalue weighted by atomic mass is 16.5. The van der Waals surface area contributed by atoms with Crippen LogP contribution in [0.4, 0.5) is 5.69 Å². The fraction of sp³-hybridized carbons (Fsp3) is 0.562. The number of ether oxygens (including phenoxy) is 1. The fourth-order valence-electron chi connectivity index (χ4n) is 5.66. The van der Waals surface area contributed by atoms with Gasteiger partial charge >= 0.3 is 0 Å². The topological polar surface area (TPSA) is 70.7 Å². The summed E-state index contributed by atoms with van der Waals surface area (Å²) in [4.78, 5) is 28.7. The number of morpholine rings is 1. The van der Waals surface area contributed by atoms with Crippen molar-refractivity contribution in [1.29, 1.82) is 0 Å². The van der Waals surface area contributed by atoms with Crippen molar-refractivity contribution in [2.24, 2.45) is 11.8 Å². The summed E-state index contributed by atoms with van der Waals surface area (Å²) in [7, 11) is 0. The summed E-state index contributed by atoms with van der Waals surface area (Å²) in [5, 5.41) is 6.87. The second-order valence-corrected chi connectivity index (χ2v) is 11.1. The lowest BCUT2D eigenvalue weighted by Crippen LogP contribution is -2.46. The molecule has 2 aromatic carbocycles. The van der Waals surface area contributed by atoms with Crippen LogP contribution in [0, 0.1) is 18.8 Å². The number of carbonyl (C=O) groups excluding carboxylic acids is 2. The molecule has 206 valence electrons. The third-order valence-corrected chi connectivity index (χ3v) is 8.13. The van der Waals surface area contributed by atoms with E-state index in [1.165, 1.54) is 36.8 Å². The predicted octanol–water partition coefficient (Wildman–Crippen LogP) is 5.36.